The predicted octanol–water partition coefficient (Wildman–Crippen LogP) is 3.18. The van der Waals surface area contributed by atoms with Gasteiger partial charge in [-0.2, -0.15) is 0 Å². The highest BCUT2D eigenvalue weighted by Gasteiger charge is 2.26. The largest absolute Gasteiger partial charge is 0.271 e. The van der Waals surface area contributed by atoms with Gasteiger partial charge in [-0.15, -0.1) is 0 Å². The number of benzene rings is 1. The lowest BCUT2D eigenvalue weighted by Gasteiger charge is -2.31. The van der Waals surface area contributed by atoms with E-state index in [1.54, 1.807) is 0 Å². The molecule has 0 saturated carbocycles. The van der Waals surface area contributed by atoms with E-state index in [0.717, 1.165) is 15.6 Å². The molecule has 0 heterocycles. The predicted molar refractivity (Wildman–Crippen MR) is 73.7 cm³/mol. The van der Waals surface area contributed by atoms with Crippen LogP contribution < -0.4 is 5.84 Å². The molecule has 0 atom stereocenters. The average Bonchev–Trinajstić information content (AvgIpc) is 2.20. The number of hydrogen-bond donors (Lipinski definition) is 1. The topological polar surface area (TPSA) is 46.3 Å². The SMILES string of the molecule is Cc1cc(C)c(Br)c(C(=O)N(N)C(C)(C)C)c1. The molecular formula is C13H19BrN2O. The number of carbonyl (C=O) groups is 1. The van der Waals surface area contributed by atoms with Crippen LogP contribution in [0.25, 0.3) is 0 Å². The van der Waals surface area contributed by atoms with Gasteiger partial charge in [0.25, 0.3) is 5.91 Å². The van der Waals surface area contributed by atoms with E-state index in [-0.39, 0.29) is 5.91 Å². The first-order valence-corrected chi connectivity index (χ1v) is 6.30. The van der Waals surface area contributed by atoms with Crippen molar-refractivity contribution in [3.63, 3.8) is 0 Å². The Morgan fingerprint density at radius 1 is 1.29 bits per heavy atom. The molecule has 3 nitrogen and oxygen atoms in total. The van der Waals surface area contributed by atoms with E-state index in [0.29, 0.717) is 5.56 Å². The molecule has 0 aromatic heterocycles. The van der Waals surface area contributed by atoms with Gasteiger partial charge in [0.05, 0.1) is 11.1 Å². The normalized spacial score (nSPS) is 11.5. The maximum atomic E-state index is 12.3. The van der Waals surface area contributed by atoms with E-state index in [2.05, 4.69) is 15.9 Å². The fourth-order valence-electron chi connectivity index (χ4n) is 1.54. The minimum Gasteiger partial charge on any atom is -0.271 e. The quantitative estimate of drug-likeness (QED) is 0.492. The molecule has 1 aromatic carbocycles. The summed E-state index contributed by atoms with van der Waals surface area (Å²) in [6, 6.07) is 3.88. The Balaban J connectivity index is 3.22. The van der Waals surface area contributed by atoms with E-state index >= 15 is 0 Å². The van der Waals surface area contributed by atoms with E-state index in [1.807, 2.05) is 46.8 Å². The highest BCUT2D eigenvalue weighted by Crippen LogP contribution is 2.25. The van der Waals surface area contributed by atoms with Crippen LogP contribution in [0, 0.1) is 13.8 Å². The van der Waals surface area contributed by atoms with E-state index in [1.165, 1.54) is 5.01 Å². The molecule has 0 fully saturated rings. The Hall–Kier alpha value is -0.870. The van der Waals surface area contributed by atoms with Gasteiger partial charge in [0.15, 0.2) is 0 Å². The van der Waals surface area contributed by atoms with Gasteiger partial charge in [-0.1, -0.05) is 6.07 Å². The summed E-state index contributed by atoms with van der Waals surface area (Å²) in [4.78, 5) is 12.3. The third-order valence-electron chi connectivity index (χ3n) is 2.57. The maximum absolute atomic E-state index is 12.3. The van der Waals surface area contributed by atoms with Gasteiger partial charge in [-0.05, 0) is 67.7 Å². The molecule has 0 saturated heterocycles. The van der Waals surface area contributed by atoms with Crippen molar-refractivity contribution in [1.82, 2.24) is 5.01 Å². The monoisotopic (exact) mass is 298 g/mol. The molecule has 0 spiro atoms. The number of halogens is 1. The van der Waals surface area contributed by atoms with Crippen LogP contribution in [0.4, 0.5) is 0 Å². The number of amides is 1. The fraction of sp³-hybridized carbons (Fsp3) is 0.462. The highest BCUT2D eigenvalue weighted by atomic mass is 79.9. The van der Waals surface area contributed by atoms with Gasteiger partial charge < -0.3 is 0 Å². The van der Waals surface area contributed by atoms with Gasteiger partial charge in [0, 0.05) is 4.47 Å². The molecule has 0 aliphatic carbocycles. The average molecular weight is 299 g/mol. The van der Waals surface area contributed by atoms with Crippen LogP contribution >= 0.6 is 15.9 Å². The Kier molecular flexibility index (Phi) is 3.99. The van der Waals surface area contributed by atoms with Crippen molar-refractivity contribution in [3.8, 4) is 0 Å². The molecule has 1 amide bonds. The Bertz CT molecular complexity index is 449. The minimum absolute atomic E-state index is 0.170. The first kappa shape index (κ1) is 14.2. The lowest BCUT2D eigenvalue weighted by molar-refractivity contribution is 0.0580. The lowest BCUT2D eigenvalue weighted by Crippen LogP contribution is -2.50. The first-order chi connectivity index (χ1) is 7.64. The van der Waals surface area contributed by atoms with Gasteiger partial charge in [-0.3, -0.25) is 9.80 Å². The smallest absolute Gasteiger partial charge is 0.269 e. The molecule has 0 aliphatic rings. The number of hydrazine groups is 1. The summed E-state index contributed by atoms with van der Waals surface area (Å²) in [5.41, 5.74) is 2.31. The molecule has 0 bridgehead atoms. The zero-order valence-electron chi connectivity index (χ0n) is 11.0. The van der Waals surface area contributed by atoms with Crippen molar-refractivity contribution in [2.75, 3.05) is 0 Å². The summed E-state index contributed by atoms with van der Waals surface area (Å²) < 4.78 is 0.813. The Labute approximate surface area is 111 Å². The molecule has 1 rings (SSSR count). The molecular weight excluding hydrogens is 280 g/mol. The van der Waals surface area contributed by atoms with Crippen LogP contribution in [0.3, 0.4) is 0 Å². The van der Waals surface area contributed by atoms with E-state index in [9.17, 15) is 4.79 Å². The number of rotatable bonds is 1. The minimum atomic E-state index is -0.395. The summed E-state index contributed by atoms with van der Waals surface area (Å²) in [5, 5.41) is 1.27. The molecule has 0 aliphatic heterocycles. The second kappa shape index (κ2) is 4.78. The molecule has 0 radical (unpaired) electrons. The number of nitrogens with two attached hydrogens (primary N) is 1. The number of nitrogens with zero attached hydrogens (tertiary/aromatic N) is 1. The van der Waals surface area contributed by atoms with Crippen molar-refractivity contribution in [2.24, 2.45) is 5.84 Å². The summed E-state index contributed by atoms with van der Waals surface area (Å²) in [6.45, 7) is 9.64. The van der Waals surface area contributed by atoms with Gasteiger partial charge in [0.2, 0.25) is 0 Å². The van der Waals surface area contributed by atoms with Crippen LogP contribution in [0.15, 0.2) is 16.6 Å². The molecule has 94 valence electrons. The zero-order chi connectivity index (χ0) is 13.4. The lowest BCUT2D eigenvalue weighted by atomic mass is 10.0. The number of aryl methyl sites for hydroxylation is 2. The second-order valence-electron chi connectivity index (χ2n) is 5.29. The van der Waals surface area contributed by atoms with Gasteiger partial charge in [0.1, 0.15) is 0 Å². The first-order valence-electron chi connectivity index (χ1n) is 5.50. The molecule has 2 N–H and O–H groups in total. The van der Waals surface area contributed by atoms with E-state index in [4.69, 9.17) is 5.84 Å². The van der Waals surface area contributed by atoms with Crippen molar-refractivity contribution >= 4 is 21.8 Å². The zero-order valence-corrected chi connectivity index (χ0v) is 12.6. The van der Waals surface area contributed by atoms with Crippen LogP contribution in [-0.2, 0) is 0 Å². The summed E-state index contributed by atoms with van der Waals surface area (Å²) in [5.74, 6) is 5.69. The van der Waals surface area contributed by atoms with Crippen LogP contribution in [0.1, 0.15) is 42.3 Å². The molecule has 4 heteroatoms. The fourth-order valence-corrected chi connectivity index (χ4v) is 1.94. The summed E-state index contributed by atoms with van der Waals surface area (Å²) in [7, 11) is 0. The van der Waals surface area contributed by atoms with Gasteiger partial charge in [-0.25, -0.2) is 5.84 Å². The van der Waals surface area contributed by atoms with Crippen molar-refractivity contribution in [2.45, 2.75) is 40.2 Å². The number of hydrogen-bond acceptors (Lipinski definition) is 2. The number of carbonyl (C=O) groups excluding carboxylic acids is 1. The van der Waals surface area contributed by atoms with Crippen molar-refractivity contribution in [3.05, 3.63) is 33.3 Å². The standard InChI is InChI=1S/C13H19BrN2O/c1-8-6-9(2)11(14)10(7-8)12(17)16(15)13(3,4)5/h6-7H,15H2,1-5H3. The summed E-state index contributed by atoms with van der Waals surface area (Å²) in [6.07, 6.45) is 0. The van der Waals surface area contributed by atoms with Gasteiger partial charge >= 0.3 is 0 Å². The van der Waals surface area contributed by atoms with Crippen LogP contribution in [0.5, 0.6) is 0 Å². The molecule has 17 heavy (non-hydrogen) atoms. The molecule has 1 aromatic rings. The maximum Gasteiger partial charge on any atom is 0.269 e. The third kappa shape index (κ3) is 3.07. The second-order valence-corrected chi connectivity index (χ2v) is 6.08. The Morgan fingerprint density at radius 3 is 2.29 bits per heavy atom. The Morgan fingerprint density at radius 2 is 1.82 bits per heavy atom. The molecule has 0 unspecified atom stereocenters. The highest BCUT2D eigenvalue weighted by molar-refractivity contribution is 9.10. The van der Waals surface area contributed by atoms with Crippen LogP contribution in [-0.4, -0.2) is 16.5 Å². The summed E-state index contributed by atoms with van der Waals surface area (Å²) >= 11 is 3.45. The van der Waals surface area contributed by atoms with Crippen molar-refractivity contribution < 1.29 is 4.79 Å². The van der Waals surface area contributed by atoms with E-state index < -0.39 is 5.54 Å². The van der Waals surface area contributed by atoms with Crippen LogP contribution in [0.2, 0.25) is 0 Å². The van der Waals surface area contributed by atoms with Crippen molar-refractivity contribution in [1.29, 1.82) is 0 Å². The third-order valence-corrected chi connectivity index (χ3v) is 3.62.